The summed E-state index contributed by atoms with van der Waals surface area (Å²) in [6.07, 6.45) is 1.66. The summed E-state index contributed by atoms with van der Waals surface area (Å²) in [5.74, 6) is 0.447. The fourth-order valence-electron chi connectivity index (χ4n) is 2.38. The normalized spacial score (nSPS) is 15.1. The van der Waals surface area contributed by atoms with Crippen molar-refractivity contribution in [3.63, 3.8) is 0 Å². The van der Waals surface area contributed by atoms with Gasteiger partial charge < -0.3 is 14.3 Å². The van der Waals surface area contributed by atoms with Gasteiger partial charge in [-0.25, -0.2) is 4.79 Å². The number of ether oxygens (including phenoxy) is 2. The summed E-state index contributed by atoms with van der Waals surface area (Å²) in [4.78, 5) is 16.3. The molecule has 0 radical (unpaired) electrons. The topological polar surface area (TPSA) is 57.1 Å². The highest BCUT2D eigenvalue weighted by Crippen LogP contribution is 2.37. The third-order valence-electron chi connectivity index (χ3n) is 3.66. The number of carbonyl (C=O) groups excluding carboxylic acids is 1. The lowest BCUT2D eigenvalue weighted by Gasteiger charge is -2.13. The molecule has 2 aromatic carbocycles. The van der Waals surface area contributed by atoms with E-state index in [1.54, 1.807) is 25.1 Å². The molecule has 2 aromatic rings. The maximum Gasteiger partial charge on any atom is 0.367 e. The Bertz CT molecular complexity index is 859. The van der Waals surface area contributed by atoms with Crippen LogP contribution >= 0.6 is 11.6 Å². The molecule has 0 saturated carbocycles. The van der Waals surface area contributed by atoms with E-state index in [2.05, 4.69) is 9.99 Å². The first-order chi connectivity index (χ1) is 12.1. The molecule has 0 amide bonds. The Kier molecular flexibility index (Phi) is 5.05. The minimum atomic E-state index is -0.489. The maximum absolute atomic E-state index is 11.7. The Balaban J connectivity index is 1.87. The van der Waals surface area contributed by atoms with E-state index in [0.29, 0.717) is 40.0 Å². The van der Waals surface area contributed by atoms with Crippen molar-refractivity contribution in [2.24, 2.45) is 5.16 Å². The average Bonchev–Trinajstić information content (AvgIpc) is 2.93. The number of benzene rings is 2. The summed E-state index contributed by atoms with van der Waals surface area (Å²) >= 11 is 6.36. The molecule has 6 heteroatoms. The van der Waals surface area contributed by atoms with E-state index < -0.39 is 5.97 Å². The Morgan fingerprint density at radius 3 is 2.64 bits per heavy atom. The van der Waals surface area contributed by atoms with Gasteiger partial charge in [-0.05, 0) is 36.3 Å². The fourth-order valence-corrected chi connectivity index (χ4v) is 2.65. The van der Waals surface area contributed by atoms with E-state index in [9.17, 15) is 4.79 Å². The summed E-state index contributed by atoms with van der Waals surface area (Å²) in [6, 6.07) is 13.2. The van der Waals surface area contributed by atoms with Crippen LogP contribution in [0.4, 0.5) is 0 Å². The van der Waals surface area contributed by atoms with Gasteiger partial charge in [0.2, 0.25) is 0 Å². The van der Waals surface area contributed by atoms with Crippen molar-refractivity contribution in [3.05, 3.63) is 64.2 Å². The van der Waals surface area contributed by atoms with E-state index in [1.807, 2.05) is 30.3 Å². The van der Waals surface area contributed by atoms with Gasteiger partial charge in [-0.3, -0.25) is 0 Å². The molecule has 0 fully saturated rings. The number of halogens is 1. The van der Waals surface area contributed by atoms with Crippen molar-refractivity contribution in [2.45, 2.75) is 13.5 Å². The number of nitrogens with zero attached hydrogens (tertiary/aromatic N) is 1. The number of oxime groups is 1. The Hall–Kier alpha value is -2.79. The molecule has 128 valence electrons. The molecule has 0 atom stereocenters. The molecule has 1 aliphatic rings. The maximum atomic E-state index is 11.7. The van der Waals surface area contributed by atoms with Crippen LogP contribution in [0.1, 0.15) is 18.1 Å². The van der Waals surface area contributed by atoms with Gasteiger partial charge in [-0.1, -0.05) is 47.1 Å². The molecule has 0 unspecified atom stereocenters. The molecule has 25 heavy (non-hydrogen) atoms. The first-order valence-corrected chi connectivity index (χ1v) is 7.98. The Labute approximate surface area is 150 Å². The van der Waals surface area contributed by atoms with Gasteiger partial charge in [0.15, 0.2) is 11.5 Å². The van der Waals surface area contributed by atoms with Gasteiger partial charge in [-0.15, -0.1) is 0 Å². The van der Waals surface area contributed by atoms with E-state index in [-0.39, 0.29) is 0 Å². The van der Waals surface area contributed by atoms with E-state index in [0.717, 1.165) is 5.56 Å². The third kappa shape index (κ3) is 3.83. The monoisotopic (exact) mass is 357 g/mol. The molecule has 0 aliphatic carbocycles. The molecular weight excluding hydrogens is 342 g/mol. The van der Waals surface area contributed by atoms with Gasteiger partial charge in [0.1, 0.15) is 6.61 Å². The molecule has 0 aromatic heterocycles. The largest absolute Gasteiger partial charge is 0.493 e. The lowest BCUT2D eigenvalue weighted by Crippen LogP contribution is -2.02. The Morgan fingerprint density at radius 1 is 1.24 bits per heavy atom. The minimum absolute atomic E-state index is 0.370. The van der Waals surface area contributed by atoms with Crippen molar-refractivity contribution in [3.8, 4) is 11.5 Å². The van der Waals surface area contributed by atoms with Crippen LogP contribution in [0.5, 0.6) is 11.5 Å². The third-order valence-corrected chi connectivity index (χ3v) is 3.94. The van der Waals surface area contributed by atoms with Gasteiger partial charge in [0.05, 0.1) is 23.4 Å². The molecule has 0 saturated heterocycles. The van der Waals surface area contributed by atoms with Crippen molar-refractivity contribution in [1.82, 2.24) is 0 Å². The highest BCUT2D eigenvalue weighted by atomic mass is 35.5. The predicted molar refractivity (Wildman–Crippen MR) is 96.0 cm³/mol. The molecule has 1 heterocycles. The van der Waals surface area contributed by atoms with Crippen LogP contribution in [0.2, 0.25) is 5.02 Å². The van der Waals surface area contributed by atoms with E-state index in [1.165, 1.54) is 7.11 Å². The predicted octanol–water partition coefficient (Wildman–Crippen LogP) is 4.24. The van der Waals surface area contributed by atoms with Crippen LogP contribution < -0.4 is 9.47 Å². The summed E-state index contributed by atoms with van der Waals surface area (Å²) in [6.45, 7) is 2.07. The zero-order valence-corrected chi connectivity index (χ0v) is 14.5. The highest BCUT2D eigenvalue weighted by Gasteiger charge is 2.22. The van der Waals surface area contributed by atoms with Crippen molar-refractivity contribution in [1.29, 1.82) is 0 Å². The molecule has 0 bridgehead atoms. The first-order valence-electron chi connectivity index (χ1n) is 7.60. The second-order valence-corrected chi connectivity index (χ2v) is 5.83. The molecule has 0 N–H and O–H groups in total. The van der Waals surface area contributed by atoms with Crippen molar-refractivity contribution < 1.29 is 19.1 Å². The summed E-state index contributed by atoms with van der Waals surface area (Å²) < 4.78 is 11.2. The standard InChI is InChI=1S/C19H16ClNO4/c1-12-15(19(22)25-21-12)8-14-9-16(20)18(17(10-14)23-2)24-11-13-6-4-3-5-7-13/h3-10H,11H2,1-2H3/b15-8-. The number of rotatable bonds is 5. The van der Waals surface area contributed by atoms with Crippen LogP contribution in [0.3, 0.4) is 0 Å². The summed E-state index contributed by atoms with van der Waals surface area (Å²) in [7, 11) is 1.54. The van der Waals surface area contributed by atoms with Crippen molar-refractivity contribution in [2.75, 3.05) is 7.11 Å². The van der Waals surface area contributed by atoms with Crippen LogP contribution in [0.25, 0.3) is 6.08 Å². The lowest BCUT2D eigenvalue weighted by molar-refractivity contribution is -0.136. The highest BCUT2D eigenvalue weighted by molar-refractivity contribution is 6.32. The smallest absolute Gasteiger partial charge is 0.367 e. The van der Waals surface area contributed by atoms with Crippen LogP contribution in [-0.4, -0.2) is 18.8 Å². The lowest BCUT2D eigenvalue weighted by atomic mass is 10.1. The summed E-state index contributed by atoms with van der Waals surface area (Å²) in [5, 5.41) is 4.04. The molecule has 0 spiro atoms. The molecule has 5 nitrogen and oxygen atoms in total. The van der Waals surface area contributed by atoms with Crippen LogP contribution in [0, 0.1) is 0 Å². The zero-order chi connectivity index (χ0) is 17.8. The van der Waals surface area contributed by atoms with Gasteiger partial charge in [0.25, 0.3) is 0 Å². The number of hydrogen-bond acceptors (Lipinski definition) is 5. The van der Waals surface area contributed by atoms with Crippen LogP contribution in [-0.2, 0) is 16.2 Å². The fraction of sp³-hybridized carbons (Fsp3) is 0.158. The number of methoxy groups -OCH3 is 1. The second kappa shape index (κ2) is 7.40. The minimum Gasteiger partial charge on any atom is -0.493 e. The van der Waals surface area contributed by atoms with Crippen molar-refractivity contribution >= 4 is 29.4 Å². The number of hydrogen-bond donors (Lipinski definition) is 0. The molecular formula is C19H16ClNO4. The van der Waals surface area contributed by atoms with Gasteiger partial charge in [-0.2, -0.15) is 0 Å². The van der Waals surface area contributed by atoms with Crippen LogP contribution in [0.15, 0.2) is 53.2 Å². The second-order valence-electron chi connectivity index (χ2n) is 5.42. The zero-order valence-electron chi connectivity index (χ0n) is 13.8. The van der Waals surface area contributed by atoms with E-state index >= 15 is 0 Å². The molecule has 1 aliphatic heterocycles. The summed E-state index contributed by atoms with van der Waals surface area (Å²) in [5.41, 5.74) is 2.62. The molecule has 3 rings (SSSR count). The first kappa shape index (κ1) is 17.0. The average molecular weight is 358 g/mol. The SMILES string of the molecule is COc1cc(/C=C2\C(=O)ON=C2C)cc(Cl)c1OCc1ccccc1. The quantitative estimate of drug-likeness (QED) is 0.593. The van der Waals surface area contributed by atoms with Gasteiger partial charge >= 0.3 is 5.97 Å². The number of carbonyl (C=O) groups is 1. The Morgan fingerprint density at radius 2 is 2.00 bits per heavy atom. The van der Waals surface area contributed by atoms with E-state index in [4.69, 9.17) is 21.1 Å². The van der Waals surface area contributed by atoms with Gasteiger partial charge in [0, 0.05) is 0 Å².